The van der Waals surface area contributed by atoms with Crippen molar-refractivity contribution in [2.24, 2.45) is 5.10 Å². The van der Waals surface area contributed by atoms with Crippen molar-refractivity contribution in [3.8, 4) is 0 Å². The Hall–Kier alpha value is -2.63. The smallest absolute Gasteiger partial charge is 0.289 e. The van der Waals surface area contributed by atoms with Gasteiger partial charge in [0.2, 0.25) is 0 Å². The van der Waals surface area contributed by atoms with Gasteiger partial charge >= 0.3 is 0 Å². The second-order valence-corrected chi connectivity index (χ2v) is 3.98. The van der Waals surface area contributed by atoms with Crippen LogP contribution in [0.5, 0.6) is 0 Å². The molecule has 0 aliphatic rings. The van der Waals surface area contributed by atoms with Crippen LogP contribution in [0.1, 0.15) is 16.2 Å². The number of nitrogens with one attached hydrogen (secondary N) is 1. The molecule has 2 rings (SSSR count). The topological polar surface area (TPSA) is 70.7 Å². The SMILES string of the molecule is CN(C)c1ccc(/C=N\NC(=O)c2ccccn2)o1. The number of nitrogens with zero attached hydrogens (tertiary/aromatic N) is 3. The van der Waals surface area contributed by atoms with Gasteiger partial charge in [0.1, 0.15) is 11.5 Å². The molecule has 2 aromatic rings. The maximum absolute atomic E-state index is 11.6. The van der Waals surface area contributed by atoms with E-state index in [0.717, 1.165) is 5.88 Å². The summed E-state index contributed by atoms with van der Waals surface area (Å²) >= 11 is 0. The molecule has 98 valence electrons. The number of hydrogen-bond donors (Lipinski definition) is 1. The van der Waals surface area contributed by atoms with Gasteiger partial charge in [-0.2, -0.15) is 5.10 Å². The highest BCUT2D eigenvalue weighted by molar-refractivity contribution is 5.92. The van der Waals surface area contributed by atoms with Crippen LogP contribution in [0.3, 0.4) is 0 Å². The van der Waals surface area contributed by atoms with Crippen LogP contribution < -0.4 is 10.3 Å². The number of pyridine rings is 1. The average Bonchev–Trinajstić information content (AvgIpc) is 2.89. The Balaban J connectivity index is 1.94. The van der Waals surface area contributed by atoms with Gasteiger partial charge in [-0.3, -0.25) is 9.78 Å². The first-order chi connectivity index (χ1) is 9.16. The quantitative estimate of drug-likeness (QED) is 0.666. The lowest BCUT2D eigenvalue weighted by Crippen LogP contribution is -2.18. The van der Waals surface area contributed by atoms with E-state index in [-0.39, 0.29) is 5.91 Å². The fourth-order valence-corrected chi connectivity index (χ4v) is 1.36. The number of furan rings is 1. The molecule has 0 spiro atoms. The second kappa shape index (κ2) is 5.81. The molecule has 1 N–H and O–H groups in total. The molecule has 0 radical (unpaired) electrons. The van der Waals surface area contributed by atoms with Crippen molar-refractivity contribution < 1.29 is 9.21 Å². The molecule has 2 aromatic heterocycles. The summed E-state index contributed by atoms with van der Waals surface area (Å²) in [4.78, 5) is 17.4. The Kier molecular flexibility index (Phi) is 3.92. The first-order valence-corrected chi connectivity index (χ1v) is 5.68. The third-order valence-electron chi connectivity index (χ3n) is 2.31. The summed E-state index contributed by atoms with van der Waals surface area (Å²) in [5.74, 6) is 0.916. The molecular formula is C13H14N4O2. The fourth-order valence-electron chi connectivity index (χ4n) is 1.36. The first kappa shape index (κ1) is 12.8. The zero-order valence-corrected chi connectivity index (χ0v) is 10.7. The van der Waals surface area contributed by atoms with Crippen molar-refractivity contribution in [2.45, 2.75) is 0 Å². The van der Waals surface area contributed by atoms with E-state index in [1.54, 1.807) is 30.5 Å². The predicted molar refractivity (Wildman–Crippen MR) is 72.3 cm³/mol. The molecule has 0 aromatic carbocycles. The van der Waals surface area contributed by atoms with Crippen LogP contribution in [0.4, 0.5) is 5.88 Å². The number of carbonyl (C=O) groups excluding carboxylic acids is 1. The van der Waals surface area contributed by atoms with Gasteiger partial charge in [-0.1, -0.05) is 6.07 Å². The zero-order chi connectivity index (χ0) is 13.7. The third-order valence-corrected chi connectivity index (χ3v) is 2.31. The average molecular weight is 258 g/mol. The second-order valence-electron chi connectivity index (χ2n) is 3.98. The molecule has 6 nitrogen and oxygen atoms in total. The molecule has 0 atom stereocenters. The molecule has 6 heteroatoms. The van der Waals surface area contributed by atoms with Gasteiger partial charge in [0, 0.05) is 26.4 Å². The van der Waals surface area contributed by atoms with Crippen LogP contribution in [-0.2, 0) is 0 Å². The van der Waals surface area contributed by atoms with Crippen LogP contribution in [0.2, 0.25) is 0 Å². The number of hydrogen-bond acceptors (Lipinski definition) is 5. The van der Waals surface area contributed by atoms with E-state index in [4.69, 9.17) is 4.42 Å². The molecule has 0 saturated carbocycles. The monoisotopic (exact) mass is 258 g/mol. The summed E-state index contributed by atoms with van der Waals surface area (Å²) in [6.45, 7) is 0. The van der Waals surface area contributed by atoms with E-state index in [9.17, 15) is 4.79 Å². The summed E-state index contributed by atoms with van der Waals surface area (Å²) in [5, 5.41) is 3.81. The number of hydrazone groups is 1. The van der Waals surface area contributed by atoms with E-state index in [1.807, 2.05) is 25.1 Å². The highest BCUT2D eigenvalue weighted by atomic mass is 16.4. The number of anilines is 1. The van der Waals surface area contributed by atoms with Crippen LogP contribution >= 0.6 is 0 Å². The minimum Gasteiger partial charge on any atom is -0.440 e. The Morgan fingerprint density at radius 2 is 2.21 bits per heavy atom. The zero-order valence-electron chi connectivity index (χ0n) is 10.7. The summed E-state index contributed by atoms with van der Waals surface area (Å²) in [5.41, 5.74) is 2.69. The maximum atomic E-state index is 11.6. The minimum atomic E-state index is -0.365. The lowest BCUT2D eigenvalue weighted by atomic mass is 10.3. The molecule has 0 fully saturated rings. The molecule has 0 aliphatic carbocycles. The Labute approximate surface area is 110 Å². The van der Waals surface area contributed by atoms with Crippen molar-refractivity contribution in [3.63, 3.8) is 0 Å². The van der Waals surface area contributed by atoms with Gasteiger partial charge in [-0.05, 0) is 18.2 Å². The first-order valence-electron chi connectivity index (χ1n) is 5.68. The van der Waals surface area contributed by atoms with E-state index in [1.165, 1.54) is 6.21 Å². The third kappa shape index (κ3) is 3.41. The molecule has 0 bridgehead atoms. The van der Waals surface area contributed by atoms with Gasteiger partial charge < -0.3 is 9.32 Å². The van der Waals surface area contributed by atoms with Gasteiger partial charge in [-0.15, -0.1) is 0 Å². The number of aromatic nitrogens is 1. The van der Waals surface area contributed by atoms with Crippen molar-refractivity contribution >= 4 is 18.0 Å². The predicted octanol–water partition coefficient (Wildman–Crippen LogP) is 1.50. The molecule has 0 aliphatic heterocycles. The van der Waals surface area contributed by atoms with Crippen LogP contribution in [0, 0.1) is 0 Å². The maximum Gasteiger partial charge on any atom is 0.289 e. The highest BCUT2D eigenvalue weighted by Crippen LogP contribution is 2.13. The van der Waals surface area contributed by atoms with Crippen molar-refractivity contribution in [1.82, 2.24) is 10.4 Å². The van der Waals surface area contributed by atoms with Gasteiger partial charge in [0.05, 0.1) is 6.21 Å². The summed E-state index contributed by atoms with van der Waals surface area (Å²) in [6.07, 6.45) is 2.99. The largest absolute Gasteiger partial charge is 0.440 e. The van der Waals surface area contributed by atoms with Gasteiger partial charge in [0.25, 0.3) is 5.91 Å². The molecule has 0 saturated heterocycles. The summed E-state index contributed by atoms with van der Waals surface area (Å²) in [6, 6.07) is 8.68. The summed E-state index contributed by atoms with van der Waals surface area (Å²) in [7, 11) is 3.76. The lowest BCUT2D eigenvalue weighted by molar-refractivity contribution is 0.0950. The molecule has 2 heterocycles. The number of amides is 1. The normalized spacial score (nSPS) is 10.6. The summed E-state index contributed by atoms with van der Waals surface area (Å²) < 4.78 is 5.44. The standard InChI is InChI=1S/C13H14N4O2/c1-17(2)12-7-6-10(19-12)9-15-16-13(18)11-5-3-4-8-14-11/h3-9H,1-2H3,(H,16,18)/b15-9-. The van der Waals surface area contributed by atoms with E-state index in [2.05, 4.69) is 15.5 Å². The number of carbonyl (C=O) groups is 1. The molecule has 19 heavy (non-hydrogen) atoms. The molecular weight excluding hydrogens is 244 g/mol. The Bertz CT molecular complexity index is 575. The lowest BCUT2D eigenvalue weighted by Gasteiger charge is -2.05. The Morgan fingerprint density at radius 1 is 1.37 bits per heavy atom. The van der Waals surface area contributed by atoms with Gasteiger partial charge in [-0.25, -0.2) is 5.43 Å². The highest BCUT2D eigenvalue weighted by Gasteiger charge is 2.04. The van der Waals surface area contributed by atoms with Crippen molar-refractivity contribution in [1.29, 1.82) is 0 Å². The number of rotatable bonds is 4. The van der Waals surface area contributed by atoms with E-state index < -0.39 is 0 Å². The van der Waals surface area contributed by atoms with Crippen LogP contribution in [0.25, 0.3) is 0 Å². The van der Waals surface area contributed by atoms with Crippen molar-refractivity contribution in [2.75, 3.05) is 19.0 Å². The molecule has 1 amide bonds. The minimum absolute atomic E-state index is 0.313. The fraction of sp³-hybridized carbons (Fsp3) is 0.154. The van der Waals surface area contributed by atoms with Crippen LogP contribution in [0.15, 0.2) is 46.0 Å². The van der Waals surface area contributed by atoms with Crippen molar-refractivity contribution in [3.05, 3.63) is 48.0 Å². The van der Waals surface area contributed by atoms with Gasteiger partial charge in [0.15, 0.2) is 5.88 Å². The Morgan fingerprint density at radius 3 is 2.84 bits per heavy atom. The van der Waals surface area contributed by atoms with Crippen LogP contribution in [-0.4, -0.2) is 31.2 Å². The van der Waals surface area contributed by atoms with E-state index in [0.29, 0.717) is 11.5 Å². The molecule has 0 unspecified atom stereocenters. The van der Waals surface area contributed by atoms with E-state index >= 15 is 0 Å².